The van der Waals surface area contributed by atoms with Crippen molar-refractivity contribution in [2.24, 2.45) is 0 Å². The number of hydrogen-bond acceptors (Lipinski definition) is 2. The number of benzene rings is 2. The highest BCUT2D eigenvalue weighted by atomic mass is 79.9. The van der Waals surface area contributed by atoms with E-state index in [1.165, 1.54) is 5.56 Å². The Morgan fingerprint density at radius 3 is 2.53 bits per heavy atom. The molecule has 0 aliphatic rings. The Morgan fingerprint density at radius 1 is 1.11 bits per heavy atom. The van der Waals surface area contributed by atoms with Gasteiger partial charge in [-0.05, 0) is 17.7 Å². The van der Waals surface area contributed by atoms with Crippen molar-refractivity contribution >= 4 is 27.0 Å². The highest BCUT2D eigenvalue weighted by Crippen LogP contribution is 2.24. The normalized spacial score (nSPS) is 10.5. The third kappa shape index (κ3) is 2.02. The van der Waals surface area contributed by atoms with Crippen LogP contribution in [0.15, 0.2) is 48.5 Å². The molecule has 0 saturated heterocycles. The molecule has 0 spiro atoms. The van der Waals surface area contributed by atoms with Crippen molar-refractivity contribution in [3.63, 3.8) is 0 Å². The van der Waals surface area contributed by atoms with Crippen molar-refractivity contribution in [2.45, 2.75) is 5.33 Å². The fourth-order valence-corrected chi connectivity index (χ4v) is 2.44. The van der Waals surface area contributed by atoms with Crippen LogP contribution < -0.4 is 0 Å². The van der Waals surface area contributed by atoms with Crippen LogP contribution in [0.25, 0.3) is 22.4 Å². The predicted molar refractivity (Wildman–Crippen MR) is 78.8 cm³/mol. The van der Waals surface area contributed by atoms with Gasteiger partial charge in [0.1, 0.15) is 0 Å². The van der Waals surface area contributed by atoms with E-state index in [1.54, 1.807) is 4.57 Å². The van der Waals surface area contributed by atoms with E-state index in [0.29, 0.717) is 5.82 Å². The molecular weight excluding hydrogens is 302 g/mol. The van der Waals surface area contributed by atoms with E-state index in [4.69, 9.17) is 0 Å². The largest absolute Gasteiger partial charge is 0.228 e. The topological polar surface area (TPSA) is 41.6 Å². The van der Waals surface area contributed by atoms with Gasteiger partial charge in [-0.2, -0.15) is 5.26 Å². The number of aromatic nitrogens is 2. The molecule has 3 rings (SSSR count). The number of rotatable bonds is 2. The molecule has 1 aromatic heterocycles. The molecule has 0 amide bonds. The molecule has 1 heterocycles. The molecule has 0 unspecified atom stereocenters. The zero-order chi connectivity index (χ0) is 13.2. The molecule has 19 heavy (non-hydrogen) atoms. The van der Waals surface area contributed by atoms with E-state index in [9.17, 15) is 5.26 Å². The fraction of sp³-hybridized carbons (Fsp3) is 0.0667. The van der Waals surface area contributed by atoms with Crippen LogP contribution >= 0.6 is 15.9 Å². The Morgan fingerprint density at radius 2 is 1.84 bits per heavy atom. The first-order chi connectivity index (χ1) is 9.33. The molecule has 0 N–H and O–H groups in total. The van der Waals surface area contributed by atoms with Crippen LogP contribution in [-0.2, 0) is 5.33 Å². The van der Waals surface area contributed by atoms with Crippen LogP contribution in [0.2, 0.25) is 0 Å². The van der Waals surface area contributed by atoms with Crippen LogP contribution in [0.1, 0.15) is 5.56 Å². The van der Waals surface area contributed by atoms with Gasteiger partial charge < -0.3 is 0 Å². The summed E-state index contributed by atoms with van der Waals surface area (Å²) in [5, 5.41) is 10.2. The molecule has 92 valence electrons. The van der Waals surface area contributed by atoms with E-state index >= 15 is 0 Å². The Kier molecular flexibility index (Phi) is 3.06. The lowest BCUT2D eigenvalue weighted by Gasteiger charge is -2.01. The lowest BCUT2D eigenvalue weighted by atomic mass is 10.1. The zero-order valence-electron chi connectivity index (χ0n) is 10.0. The summed E-state index contributed by atoms with van der Waals surface area (Å²) in [6, 6.07) is 15.7. The minimum atomic E-state index is 0.685. The molecule has 0 aliphatic carbocycles. The lowest BCUT2D eigenvalue weighted by Crippen LogP contribution is -1.92. The summed E-state index contributed by atoms with van der Waals surface area (Å²) >= 11 is 3.42. The number of halogens is 1. The summed E-state index contributed by atoms with van der Waals surface area (Å²) in [5.74, 6) is 0.685. The molecule has 0 radical (unpaired) electrons. The summed E-state index contributed by atoms with van der Waals surface area (Å²) < 4.78 is 1.57. The minimum Gasteiger partial charge on any atom is -0.228 e. The van der Waals surface area contributed by atoms with Crippen LogP contribution in [-0.4, -0.2) is 9.55 Å². The van der Waals surface area contributed by atoms with Gasteiger partial charge in [-0.25, -0.2) is 9.55 Å². The highest BCUT2D eigenvalue weighted by Gasteiger charge is 2.11. The first kappa shape index (κ1) is 11.9. The third-order valence-electron chi connectivity index (χ3n) is 3.03. The zero-order valence-corrected chi connectivity index (χ0v) is 11.6. The van der Waals surface area contributed by atoms with Gasteiger partial charge in [0, 0.05) is 10.9 Å². The van der Waals surface area contributed by atoms with Crippen molar-refractivity contribution in [3.05, 3.63) is 54.1 Å². The van der Waals surface area contributed by atoms with Crippen LogP contribution in [0, 0.1) is 11.5 Å². The van der Waals surface area contributed by atoms with Gasteiger partial charge in [0.05, 0.1) is 11.0 Å². The molecule has 0 atom stereocenters. The van der Waals surface area contributed by atoms with Crippen LogP contribution in [0.4, 0.5) is 0 Å². The maximum atomic E-state index is 9.33. The molecule has 3 nitrogen and oxygen atoms in total. The summed E-state index contributed by atoms with van der Waals surface area (Å²) in [6.45, 7) is 0. The number of nitriles is 1. The number of nitrogens with zero attached hydrogens (tertiary/aromatic N) is 3. The first-order valence-electron chi connectivity index (χ1n) is 5.86. The fourth-order valence-electron chi connectivity index (χ4n) is 2.06. The molecule has 4 heteroatoms. The molecule has 0 aliphatic heterocycles. The average Bonchev–Trinajstić information content (AvgIpc) is 2.85. The molecular formula is C15H10BrN3. The Hall–Kier alpha value is -2.12. The van der Waals surface area contributed by atoms with E-state index in [1.807, 2.05) is 48.5 Å². The standard InChI is InChI=1S/C15H10BrN3/c16-9-11-5-7-12(8-6-11)15-18-13-3-1-2-4-14(13)19(15)10-17/h1-8H,9H2. The SMILES string of the molecule is N#Cn1c(-c2ccc(CBr)cc2)nc2ccccc21. The molecule has 2 aromatic carbocycles. The van der Waals surface area contributed by atoms with Gasteiger partial charge in [0.25, 0.3) is 0 Å². The average molecular weight is 312 g/mol. The van der Waals surface area contributed by atoms with Crippen LogP contribution in [0.5, 0.6) is 0 Å². The summed E-state index contributed by atoms with van der Waals surface area (Å²) in [7, 11) is 0. The monoisotopic (exact) mass is 311 g/mol. The molecule has 0 bridgehead atoms. The van der Waals surface area contributed by atoms with E-state index in [2.05, 4.69) is 27.1 Å². The van der Waals surface area contributed by atoms with E-state index in [0.717, 1.165) is 21.9 Å². The van der Waals surface area contributed by atoms with Crippen molar-refractivity contribution in [3.8, 4) is 17.6 Å². The Labute approximate surface area is 119 Å². The van der Waals surface area contributed by atoms with Gasteiger partial charge in [0.2, 0.25) is 0 Å². The van der Waals surface area contributed by atoms with Crippen molar-refractivity contribution in [1.82, 2.24) is 9.55 Å². The quantitative estimate of drug-likeness (QED) is 0.673. The number of fused-ring (bicyclic) bond motifs is 1. The summed E-state index contributed by atoms with van der Waals surface area (Å²) in [6.07, 6.45) is 2.19. The molecule has 0 fully saturated rings. The van der Waals surface area contributed by atoms with Gasteiger partial charge in [-0.15, -0.1) is 0 Å². The lowest BCUT2D eigenvalue weighted by molar-refractivity contribution is 1.12. The summed E-state index contributed by atoms with van der Waals surface area (Å²) in [4.78, 5) is 4.54. The van der Waals surface area contributed by atoms with Crippen molar-refractivity contribution in [1.29, 1.82) is 5.26 Å². The van der Waals surface area contributed by atoms with Crippen LogP contribution in [0.3, 0.4) is 0 Å². The number of para-hydroxylation sites is 2. The van der Waals surface area contributed by atoms with E-state index in [-0.39, 0.29) is 0 Å². The number of imidazole rings is 1. The Balaban J connectivity index is 2.21. The molecule has 0 saturated carbocycles. The van der Waals surface area contributed by atoms with Crippen molar-refractivity contribution in [2.75, 3.05) is 0 Å². The predicted octanol–water partition coefficient (Wildman–Crippen LogP) is 3.93. The number of alkyl halides is 1. The Bertz CT molecular complexity index is 766. The third-order valence-corrected chi connectivity index (χ3v) is 3.67. The maximum absolute atomic E-state index is 9.33. The minimum absolute atomic E-state index is 0.685. The smallest absolute Gasteiger partial charge is 0.190 e. The van der Waals surface area contributed by atoms with Gasteiger partial charge in [-0.3, -0.25) is 0 Å². The summed E-state index contributed by atoms with van der Waals surface area (Å²) in [5.41, 5.74) is 3.82. The second-order valence-corrected chi connectivity index (χ2v) is 4.75. The van der Waals surface area contributed by atoms with Gasteiger partial charge in [-0.1, -0.05) is 52.3 Å². The van der Waals surface area contributed by atoms with E-state index < -0.39 is 0 Å². The van der Waals surface area contributed by atoms with Gasteiger partial charge in [0.15, 0.2) is 12.0 Å². The second kappa shape index (κ2) is 4.87. The number of hydrogen-bond donors (Lipinski definition) is 0. The highest BCUT2D eigenvalue weighted by molar-refractivity contribution is 9.08. The second-order valence-electron chi connectivity index (χ2n) is 4.19. The maximum Gasteiger partial charge on any atom is 0.190 e. The van der Waals surface area contributed by atoms with Gasteiger partial charge >= 0.3 is 0 Å². The first-order valence-corrected chi connectivity index (χ1v) is 6.98. The van der Waals surface area contributed by atoms with Crippen molar-refractivity contribution < 1.29 is 0 Å². The molecule has 3 aromatic rings.